The number of piperidine rings is 1. The zero-order chi connectivity index (χ0) is 18.5. The van der Waals surface area contributed by atoms with E-state index in [-0.39, 0.29) is 23.8 Å². The molecule has 0 radical (unpaired) electrons. The number of hydrogen-bond donors (Lipinski definition) is 1. The second kappa shape index (κ2) is 6.13. The Morgan fingerprint density at radius 1 is 1.19 bits per heavy atom. The van der Waals surface area contributed by atoms with Crippen LogP contribution in [0.1, 0.15) is 27.9 Å². The van der Waals surface area contributed by atoms with Gasteiger partial charge in [0.25, 0.3) is 11.5 Å². The Bertz CT molecular complexity index is 968. The van der Waals surface area contributed by atoms with Gasteiger partial charge in [0.05, 0.1) is 6.54 Å². The minimum absolute atomic E-state index is 0.159. The second-order valence-corrected chi connectivity index (χ2v) is 7.50. The number of ether oxygens (including phenoxy) is 2. The Hall–Kier alpha value is -2.80. The molecule has 1 N–H and O–H groups in total. The van der Waals surface area contributed by atoms with E-state index in [9.17, 15) is 9.59 Å². The van der Waals surface area contributed by atoms with Gasteiger partial charge in [-0.15, -0.1) is 0 Å². The summed E-state index contributed by atoms with van der Waals surface area (Å²) in [5.74, 6) is 1.24. The number of nitrogens with zero attached hydrogens (tertiary/aromatic N) is 2. The van der Waals surface area contributed by atoms with Gasteiger partial charge in [0.15, 0.2) is 11.5 Å². The predicted octanol–water partition coefficient (Wildman–Crippen LogP) is 1.12. The highest BCUT2D eigenvalue weighted by Gasteiger charge is 2.39. The lowest BCUT2D eigenvalue weighted by Crippen LogP contribution is -2.67. The van der Waals surface area contributed by atoms with Gasteiger partial charge in [-0.3, -0.25) is 9.59 Å². The maximum Gasteiger partial charge on any atom is 0.263 e. The van der Waals surface area contributed by atoms with Gasteiger partial charge < -0.3 is 24.3 Å². The molecule has 2 aromatic rings. The van der Waals surface area contributed by atoms with Crippen LogP contribution in [0.15, 0.2) is 35.3 Å². The lowest BCUT2D eigenvalue weighted by atomic mass is 9.91. The highest BCUT2D eigenvalue weighted by Crippen LogP contribution is 2.32. The molecule has 2 bridgehead atoms. The Morgan fingerprint density at radius 3 is 2.70 bits per heavy atom. The summed E-state index contributed by atoms with van der Waals surface area (Å²) in [5, 5.41) is 3.41. The summed E-state index contributed by atoms with van der Waals surface area (Å²) < 4.78 is 12.3. The first-order valence-corrected chi connectivity index (χ1v) is 9.22. The van der Waals surface area contributed by atoms with E-state index in [4.69, 9.17) is 9.47 Å². The molecule has 1 aromatic carbocycles. The van der Waals surface area contributed by atoms with Gasteiger partial charge in [0, 0.05) is 31.4 Å². The molecule has 6 rings (SSSR count). The van der Waals surface area contributed by atoms with Gasteiger partial charge in [-0.25, -0.2) is 0 Å². The van der Waals surface area contributed by atoms with E-state index in [1.54, 1.807) is 10.8 Å². The monoisotopic (exact) mass is 367 g/mol. The Morgan fingerprint density at radius 2 is 1.93 bits per heavy atom. The van der Waals surface area contributed by atoms with E-state index in [2.05, 4.69) is 5.32 Å². The molecule has 2 atom stereocenters. The minimum atomic E-state index is -0.245. The molecule has 3 fully saturated rings. The van der Waals surface area contributed by atoms with E-state index in [1.807, 2.05) is 36.1 Å². The lowest BCUT2D eigenvalue weighted by Gasteiger charge is -2.48. The summed E-state index contributed by atoms with van der Waals surface area (Å²) in [6.45, 7) is 3.76. The number of rotatable bonds is 3. The van der Waals surface area contributed by atoms with Gasteiger partial charge in [0.1, 0.15) is 5.56 Å². The third-order valence-corrected chi connectivity index (χ3v) is 5.59. The van der Waals surface area contributed by atoms with Crippen molar-refractivity contribution in [3.8, 4) is 11.5 Å². The van der Waals surface area contributed by atoms with Crippen molar-refractivity contribution in [1.82, 2.24) is 14.8 Å². The van der Waals surface area contributed by atoms with Gasteiger partial charge in [-0.05, 0) is 42.7 Å². The molecule has 3 saturated heterocycles. The van der Waals surface area contributed by atoms with Crippen LogP contribution in [0.4, 0.5) is 0 Å². The summed E-state index contributed by atoms with van der Waals surface area (Å²) in [5.41, 5.74) is 1.68. The summed E-state index contributed by atoms with van der Waals surface area (Å²) in [6.07, 6.45) is 2.86. The van der Waals surface area contributed by atoms with Gasteiger partial charge in [-0.2, -0.15) is 0 Å². The lowest BCUT2D eigenvalue weighted by molar-refractivity contribution is 0.0471. The Kier molecular flexibility index (Phi) is 3.72. The van der Waals surface area contributed by atoms with Crippen LogP contribution in [0.5, 0.6) is 11.5 Å². The summed E-state index contributed by atoms with van der Waals surface area (Å²) in [7, 11) is 0. The van der Waals surface area contributed by atoms with Crippen LogP contribution < -0.4 is 20.3 Å². The van der Waals surface area contributed by atoms with Crippen LogP contribution in [0.25, 0.3) is 0 Å². The first-order valence-electron chi connectivity index (χ1n) is 9.22. The molecule has 7 nitrogen and oxygen atoms in total. The summed E-state index contributed by atoms with van der Waals surface area (Å²) in [4.78, 5) is 27.9. The number of aryl methyl sites for hydroxylation is 1. The number of hydrogen-bond acceptors (Lipinski definition) is 5. The maximum absolute atomic E-state index is 13.0. The Balaban J connectivity index is 1.43. The first kappa shape index (κ1) is 16.4. The number of carbonyl (C=O) groups excluding carboxylic acids is 1. The number of carbonyl (C=O) groups is 1. The summed E-state index contributed by atoms with van der Waals surface area (Å²) >= 11 is 0. The van der Waals surface area contributed by atoms with Crippen molar-refractivity contribution in [2.45, 2.75) is 32.0 Å². The molecule has 0 saturated carbocycles. The molecule has 140 valence electrons. The number of piperazine rings is 1. The molecule has 27 heavy (non-hydrogen) atoms. The number of amides is 1. The minimum Gasteiger partial charge on any atom is -0.454 e. The molecule has 4 aliphatic rings. The molecule has 5 heterocycles. The molecule has 0 spiro atoms. The average Bonchev–Trinajstić information content (AvgIpc) is 3.11. The quantitative estimate of drug-likeness (QED) is 0.880. The fourth-order valence-corrected chi connectivity index (χ4v) is 4.12. The molecular weight excluding hydrogens is 346 g/mol. The first-order chi connectivity index (χ1) is 13.1. The van der Waals surface area contributed by atoms with E-state index < -0.39 is 0 Å². The predicted molar refractivity (Wildman–Crippen MR) is 98.3 cm³/mol. The topological polar surface area (TPSA) is 72.8 Å². The molecule has 7 heteroatoms. The van der Waals surface area contributed by atoms with Crippen molar-refractivity contribution in [1.29, 1.82) is 0 Å². The smallest absolute Gasteiger partial charge is 0.263 e. The van der Waals surface area contributed by atoms with E-state index in [1.165, 1.54) is 0 Å². The van der Waals surface area contributed by atoms with Crippen molar-refractivity contribution in [3.63, 3.8) is 0 Å². The fraction of sp³-hybridized carbons (Fsp3) is 0.400. The van der Waals surface area contributed by atoms with E-state index >= 15 is 0 Å². The number of aromatic nitrogens is 1. The van der Waals surface area contributed by atoms with E-state index in [0.29, 0.717) is 43.2 Å². The highest BCUT2D eigenvalue weighted by molar-refractivity contribution is 5.95. The molecule has 0 aliphatic carbocycles. The number of fused-ring (bicyclic) bond motifs is 3. The zero-order valence-electron chi connectivity index (χ0n) is 15.1. The third kappa shape index (κ3) is 2.78. The van der Waals surface area contributed by atoms with Crippen molar-refractivity contribution in [2.24, 2.45) is 0 Å². The number of benzene rings is 1. The van der Waals surface area contributed by atoms with Crippen molar-refractivity contribution in [2.75, 3.05) is 19.9 Å². The van der Waals surface area contributed by atoms with Crippen LogP contribution in [0, 0.1) is 6.92 Å². The third-order valence-electron chi connectivity index (χ3n) is 5.59. The average molecular weight is 367 g/mol. The second-order valence-electron chi connectivity index (χ2n) is 7.50. The maximum atomic E-state index is 13.0. The SMILES string of the molecule is Cc1ccn(Cc2ccc3c(c2)OCO3)c(=O)c1C(=O)N1CC2CC(C1)N2. The van der Waals surface area contributed by atoms with Gasteiger partial charge in [-0.1, -0.05) is 6.07 Å². The molecular formula is C20H21N3O4. The highest BCUT2D eigenvalue weighted by atomic mass is 16.7. The number of pyridine rings is 1. The van der Waals surface area contributed by atoms with Crippen molar-refractivity contribution < 1.29 is 14.3 Å². The van der Waals surface area contributed by atoms with Crippen LogP contribution in [-0.4, -0.2) is 47.3 Å². The normalized spacial score (nSPS) is 22.5. The van der Waals surface area contributed by atoms with Crippen molar-refractivity contribution in [3.05, 3.63) is 57.5 Å². The standard InChI is InChI=1S/C20H21N3O4/c1-12-4-5-22(8-13-2-3-16-17(6-13)27-11-26-16)19(24)18(12)20(25)23-9-14-7-15(10-23)21-14/h2-6,14-15,21H,7-11H2,1H3. The Labute approximate surface area is 156 Å². The van der Waals surface area contributed by atoms with Gasteiger partial charge >= 0.3 is 0 Å². The zero-order valence-corrected chi connectivity index (χ0v) is 15.1. The fourth-order valence-electron chi connectivity index (χ4n) is 4.12. The van der Waals surface area contributed by atoms with Gasteiger partial charge in [0.2, 0.25) is 6.79 Å². The van der Waals surface area contributed by atoms with Crippen LogP contribution in [0.2, 0.25) is 0 Å². The van der Waals surface area contributed by atoms with E-state index in [0.717, 1.165) is 17.5 Å². The molecule has 2 unspecified atom stereocenters. The van der Waals surface area contributed by atoms with Crippen LogP contribution in [0.3, 0.4) is 0 Å². The molecule has 1 aromatic heterocycles. The van der Waals surface area contributed by atoms with Crippen molar-refractivity contribution >= 4 is 5.91 Å². The summed E-state index contributed by atoms with van der Waals surface area (Å²) in [6, 6.07) is 8.20. The van der Waals surface area contributed by atoms with Crippen LogP contribution in [-0.2, 0) is 6.54 Å². The molecule has 1 amide bonds. The van der Waals surface area contributed by atoms with Crippen LogP contribution >= 0.6 is 0 Å². The largest absolute Gasteiger partial charge is 0.454 e. The number of nitrogens with one attached hydrogen (secondary N) is 1. The molecule has 4 aliphatic heterocycles.